The number of ketones is 2. The lowest BCUT2D eigenvalue weighted by Gasteiger charge is -2.15. The maximum Gasteiger partial charge on any atom is 0.163 e. The molecule has 0 unspecified atom stereocenters. The van der Waals surface area contributed by atoms with E-state index in [2.05, 4.69) is 34.9 Å². The van der Waals surface area contributed by atoms with Crippen LogP contribution in [0.4, 0.5) is 0 Å². The predicted molar refractivity (Wildman–Crippen MR) is 107 cm³/mol. The van der Waals surface area contributed by atoms with Crippen molar-refractivity contribution in [1.82, 2.24) is 9.78 Å². The Bertz CT molecular complexity index is 964. The fourth-order valence-electron chi connectivity index (χ4n) is 3.55. The number of carbonyl (C=O) groups is 2. The van der Waals surface area contributed by atoms with E-state index in [1.54, 1.807) is 6.20 Å². The quantitative estimate of drug-likeness (QED) is 0.600. The minimum atomic E-state index is 0.0407. The first kappa shape index (κ1) is 18.8. The Hall–Kier alpha value is -2.01. The summed E-state index contributed by atoms with van der Waals surface area (Å²) < 4.78 is 2.78. The van der Waals surface area contributed by atoms with Gasteiger partial charge in [-0.3, -0.25) is 14.3 Å². The minimum Gasteiger partial charge on any atom is -0.294 e. The van der Waals surface area contributed by atoms with E-state index in [9.17, 15) is 9.59 Å². The Labute approximate surface area is 162 Å². The van der Waals surface area contributed by atoms with Gasteiger partial charge in [-0.2, -0.15) is 5.10 Å². The van der Waals surface area contributed by atoms with Crippen LogP contribution in [0.5, 0.6) is 0 Å². The van der Waals surface area contributed by atoms with Crippen molar-refractivity contribution in [1.29, 1.82) is 0 Å². The Morgan fingerprint density at radius 3 is 2.69 bits per heavy atom. The molecule has 0 atom stereocenters. The maximum atomic E-state index is 12.9. The lowest BCUT2D eigenvalue weighted by Crippen LogP contribution is -2.11. The van der Waals surface area contributed by atoms with E-state index >= 15 is 0 Å². The van der Waals surface area contributed by atoms with Gasteiger partial charge in [0.25, 0.3) is 0 Å². The molecule has 0 N–H and O–H groups in total. The summed E-state index contributed by atoms with van der Waals surface area (Å²) in [5.74, 6) is 0.182. The van der Waals surface area contributed by atoms with E-state index in [4.69, 9.17) is 0 Å². The van der Waals surface area contributed by atoms with E-state index in [0.717, 1.165) is 32.1 Å². The van der Waals surface area contributed by atoms with Crippen LogP contribution in [-0.2, 0) is 4.79 Å². The molecule has 136 valence electrons. The molecule has 0 spiro atoms. The molecule has 1 aromatic heterocycles. The molecule has 4 nitrogen and oxygen atoms in total. The largest absolute Gasteiger partial charge is 0.294 e. The minimum absolute atomic E-state index is 0.0407. The normalized spacial score (nSPS) is 15.2. The number of carbonyl (C=O) groups excluding carboxylic acids is 2. The highest BCUT2D eigenvalue weighted by molar-refractivity contribution is 9.10. The van der Waals surface area contributed by atoms with E-state index in [1.807, 2.05) is 36.7 Å². The number of halogens is 1. The predicted octanol–water partition coefficient (Wildman–Crippen LogP) is 5.58. The second kappa shape index (κ2) is 7.31. The molecule has 0 saturated carbocycles. The van der Waals surface area contributed by atoms with E-state index in [0.29, 0.717) is 24.8 Å². The third-order valence-electron chi connectivity index (χ3n) is 4.79. The number of aromatic nitrogens is 2. The Balaban J connectivity index is 1.89. The van der Waals surface area contributed by atoms with Crippen LogP contribution in [0.2, 0.25) is 0 Å². The molecule has 2 aromatic rings. The van der Waals surface area contributed by atoms with Gasteiger partial charge in [-0.15, -0.1) is 0 Å². The first-order valence-corrected chi connectivity index (χ1v) is 9.67. The number of Topliss-reactive ketones (excluding diaryl/α,β-unsaturated/α-hetero) is 2. The summed E-state index contributed by atoms with van der Waals surface area (Å²) in [6.07, 6.45) is 5.08. The van der Waals surface area contributed by atoms with Gasteiger partial charge in [-0.05, 0) is 57.4 Å². The zero-order valence-corrected chi connectivity index (χ0v) is 17.2. The summed E-state index contributed by atoms with van der Waals surface area (Å²) in [5, 5.41) is 5.30. The first-order valence-electron chi connectivity index (χ1n) is 8.88. The number of rotatable bonds is 5. The summed E-state index contributed by atoms with van der Waals surface area (Å²) in [6, 6.07) is 4.06. The SMILES string of the molecule is CC1=CC(C)=C(CCC(=O)c2cc(Br)cc3c2cnn3C(C)C)C(=O)C1. The van der Waals surface area contributed by atoms with Gasteiger partial charge in [-0.1, -0.05) is 27.6 Å². The van der Waals surface area contributed by atoms with Gasteiger partial charge in [-0.25, -0.2) is 0 Å². The first-order chi connectivity index (χ1) is 12.3. The van der Waals surface area contributed by atoms with Crippen molar-refractivity contribution >= 4 is 38.4 Å². The van der Waals surface area contributed by atoms with Crippen molar-refractivity contribution in [2.75, 3.05) is 0 Å². The van der Waals surface area contributed by atoms with Crippen LogP contribution < -0.4 is 0 Å². The molecule has 0 amide bonds. The lowest BCUT2D eigenvalue weighted by atomic mass is 9.88. The highest BCUT2D eigenvalue weighted by atomic mass is 79.9. The molecule has 0 aliphatic heterocycles. The summed E-state index contributed by atoms with van der Waals surface area (Å²) in [5.41, 5.74) is 4.46. The van der Waals surface area contributed by atoms with Crippen LogP contribution >= 0.6 is 15.9 Å². The number of fused-ring (bicyclic) bond motifs is 1. The molecule has 1 aliphatic rings. The van der Waals surface area contributed by atoms with Gasteiger partial charge in [0.15, 0.2) is 11.6 Å². The summed E-state index contributed by atoms with van der Waals surface area (Å²) in [6.45, 7) is 8.04. The second-order valence-corrected chi connectivity index (χ2v) is 8.16. The van der Waals surface area contributed by atoms with E-state index in [1.165, 1.54) is 0 Å². The molecule has 0 radical (unpaired) electrons. The molecule has 1 aliphatic carbocycles. The summed E-state index contributed by atoms with van der Waals surface area (Å²) in [7, 11) is 0. The number of nitrogens with zero attached hydrogens (tertiary/aromatic N) is 2. The lowest BCUT2D eigenvalue weighted by molar-refractivity contribution is -0.115. The Morgan fingerprint density at radius 1 is 1.31 bits per heavy atom. The average Bonchev–Trinajstić information content (AvgIpc) is 2.96. The number of benzene rings is 1. The van der Waals surface area contributed by atoms with Gasteiger partial charge in [0.2, 0.25) is 0 Å². The highest BCUT2D eigenvalue weighted by Crippen LogP contribution is 2.29. The van der Waals surface area contributed by atoms with Crippen LogP contribution in [0.25, 0.3) is 10.9 Å². The molecule has 26 heavy (non-hydrogen) atoms. The molecule has 1 heterocycles. The third kappa shape index (κ3) is 3.58. The zero-order chi connectivity index (χ0) is 19.0. The molecular formula is C21H23BrN2O2. The number of hydrogen-bond donors (Lipinski definition) is 0. The van der Waals surface area contributed by atoms with Crippen LogP contribution in [0, 0.1) is 0 Å². The third-order valence-corrected chi connectivity index (χ3v) is 5.25. The fourth-order valence-corrected chi connectivity index (χ4v) is 4.00. The van der Waals surface area contributed by atoms with Gasteiger partial charge in [0.05, 0.1) is 11.7 Å². The molecule has 5 heteroatoms. The van der Waals surface area contributed by atoms with E-state index in [-0.39, 0.29) is 17.6 Å². The molecule has 1 aromatic carbocycles. The van der Waals surface area contributed by atoms with Gasteiger partial charge < -0.3 is 0 Å². The Morgan fingerprint density at radius 2 is 2.04 bits per heavy atom. The van der Waals surface area contributed by atoms with Crippen molar-refractivity contribution in [3.8, 4) is 0 Å². The molecule has 0 saturated heterocycles. The summed E-state index contributed by atoms with van der Waals surface area (Å²) in [4.78, 5) is 25.2. The Kier molecular flexibility index (Phi) is 5.28. The molecule has 0 bridgehead atoms. The smallest absolute Gasteiger partial charge is 0.163 e. The van der Waals surface area contributed by atoms with Crippen LogP contribution in [0.1, 0.15) is 63.4 Å². The second-order valence-electron chi connectivity index (χ2n) is 7.24. The van der Waals surface area contributed by atoms with E-state index < -0.39 is 0 Å². The maximum absolute atomic E-state index is 12.9. The molecule has 0 fully saturated rings. The van der Waals surface area contributed by atoms with Crippen LogP contribution in [0.15, 0.2) is 45.6 Å². The van der Waals surface area contributed by atoms with Gasteiger partial charge in [0, 0.05) is 34.3 Å². The zero-order valence-electron chi connectivity index (χ0n) is 15.6. The van der Waals surface area contributed by atoms with Crippen LogP contribution in [0.3, 0.4) is 0 Å². The van der Waals surface area contributed by atoms with Crippen LogP contribution in [-0.4, -0.2) is 21.3 Å². The van der Waals surface area contributed by atoms with Crippen molar-refractivity contribution < 1.29 is 9.59 Å². The number of hydrogen-bond acceptors (Lipinski definition) is 3. The van der Waals surface area contributed by atoms with Gasteiger partial charge >= 0.3 is 0 Å². The highest BCUT2D eigenvalue weighted by Gasteiger charge is 2.20. The molecular weight excluding hydrogens is 392 g/mol. The van der Waals surface area contributed by atoms with Crippen molar-refractivity contribution in [3.05, 3.63) is 51.2 Å². The monoisotopic (exact) mass is 414 g/mol. The summed E-state index contributed by atoms with van der Waals surface area (Å²) >= 11 is 3.51. The fraction of sp³-hybridized carbons (Fsp3) is 0.381. The van der Waals surface area contributed by atoms with Crippen molar-refractivity contribution in [2.45, 2.75) is 53.0 Å². The standard InChI is InChI=1S/C21H23BrN2O2/c1-12(2)24-19-10-15(22)9-17(18(19)11-23-24)20(25)6-5-16-14(4)7-13(3)8-21(16)26/h7,9-12H,5-6,8H2,1-4H3. The topological polar surface area (TPSA) is 52.0 Å². The van der Waals surface area contributed by atoms with Crippen molar-refractivity contribution in [3.63, 3.8) is 0 Å². The average molecular weight is 415 g/mol. The number of allylic oxidation sites excluding steroid dienone is 4. The van der Waals surface area contributed by atoms with Gasteiger partial charge in [0.1, 0.15) is 0 Å². The van der Waals surface area contributed by atoms with Crippen molar-refractivity contribution in [2.24, 2.45) is 0 Å². The molecule has 3 rings (SSSR count).